The molecule has 0 aromatic heterocycles. The third kappa shape index (κ3) is 6.66. The van der Waals surface area contributed by atoms with Gasteiger partial charge in [0.25, 0.3) is 0 Å². The molecule has 2 amide bonds. The van der Waals surface area contributed by atoms with Gasteiger partial charge in [0.2, 0.25) is 0 Å². The Labute approximate surface area is 129 Å². The summed E-state index contributed by atoms with van der Waals surface area (Å²) in [5.41, 5.74) is 1.86. The molecule has 0 bridgehead atoms. The maximum atomic E-state index is 11.4. The van der Waals surface area contributed by atoms with Crippen molar-refractivity contribution in [3.05, 3.63) is 28.3 Å². The number of rotatable bonds is 8. The molecule has 0 aliphatic rings. The second-order valence-electron chi connectivity index (χ2n) is 4.43. The summed E-state index contributed by atoms with van der Waals surface area (Å²) in [6, 6.07) is 3.29. The summed E-state index contributed by atoms with van der Waals surface area (Å²) in [6.45, 7) is 4.81. The molecule has 1 rings (SSSR count). The Morgan fingerprint density at radius 3 is 2.52 bits per heavy atom. The van der Waals surface area contributed by atoms with Gasteiger partial charge in [-0.2, -0.15) is 0 Å². The van der Waals surface area contributed by atoms with E-state index < -0.39 is 0 Å². The van der Waals surface area contributed by atoms with E-state index in [1.807, 2.05) is 26.0 Å². The summed E-state index contributed by atoms with van der Waals surface area (Å²) in [5, 5.41) is 14.4. The molecule has 1 aromatic rings. The second-order valence-corrected chi connectivity index (χ2v) is 4.81. The molecule has 0 saturated carbocycles. The van der Waals surface area contributed by atoms with E-state index in [-0.39, 0.29) is 26.0 Å². The van der Waals surface area contributed by atoms with Crippen molar-refractivity contribution in [3.63, 3.8) is 0 Å². The molecule has 3 N–H and O–H groups in total. The molecule has 0 atom stereocenters. The monoisotopic (exact) mass is 316 g/mol. The number of aliphatic hydroxyl groups is 1. The van der Waals surface area contributed by atoms with Gasteiger partial charge in [-0.15, -0.1) is 0 Å². The van der Waals surface area contributed by atoms with Crippen molar-refractivity contribution < 1.29 is 19.4 Å². The minimum atomic E-state index is -0.343. The number of hydrogen-bond acceptors (Lipinski definition) is 4. The number of urea groups is 1. The largest absolute Gasteiger partial charge is 0.473 e. The van der Waals surface area contributed by atoms with Crippen LogP contribution in [0.2, 0.25) is 5.02 Å². The van der Waals surface area contributed by atoms with E-state index >= 15 is 0 Å². The summed E-state index contributed by atoms with van der Waals surface area (Å²) in [7, 11) is 0. The number of nitrogens with one attached hydrogen (secondary N) is 2. The van der Waals surface area contributed by atoms with Gasteiger partial charge in [0.1, 0.15) is 5.75 Å². The van der Waals surface area contributed by atoms with E-state index in [1.54, 1.807) is 0 Å². The number of halogens is 1. The maximum absolute atomic E-state index is 11.4. The number of aliphatic hydroxyl groups excluding tert-OH is 1. The number of amides is 2. The first kappa shape index (κ1) is 17.6. The van der Waals surface area contributed by atoms with E-state index in [4.69, 9.17) is 26.2 Å². The van der Waals surface area contributed by atoms with Crippen LogP contribution in [-0.2, 0) is 4.74 Å². The van der Waals surface area contributed by atoms with Crippen molar-refractivity contribution in [3.8, 4) is 5.75 Å². The van der Waals surface area contributed by atoms with Gasteiger partial charge in [0.05, 0.1) is 19.8 Å². The van der Waals surface area contributed by atoms with Crippen LogP contribution in [0.3, 0.4) is 0 Å². The molecule has 1 aromatic carbocycles. The minimum absolute atomic E-state index is 0.0278. The van der Waals surface area contributed by atoms with Crippen LogP contribution in [0.5, 0.6) is 5.75 Å². The molecule has 0 spiro atoms. The number of ether oxygens (including phenoxy) is 2. The van der Waals surface area contributed by atoms with Crippen molar-refractivity contribution in [1.29, 1.82) is 0 Å². The van der Waals surface area contributed by atoms with Gasteiger partial charge < -0.3 is 25.2 Å². The smallest absolute Gasteiger partial charge is 0.317 e. The van der Waals surface area contributed by atoms with Crippen molar-refractivity contribution in [1.82, 2.24) is 10.6 Å². The third-order valence-electron chi connectivity index (χ3n) is 2.65. The number of hydrogen-bond donors (Lipinski definition) is 3. The van der Waals surface area contributed by atoms with Crippen LogP contribution in [0.25, 0.3) is 0 Å². The van der Waals surface area contributed by atoms with Crippen LogP contribution < -0.4 is 15.4 Å². The highest BCUT2D eigenvalue weighted by Crippen LogP contribution is 2.25. The topological polar surface area (TPSA) is 79.8 Å². The van der Waals surface area contributed by atoms with Crippen LogP contribution in [0, 0.1) is 13.8 Å². The highest BCUT2D eigenvalue weighted by atomic mass is 35.5. The first-order valence-electron chi connectivity index (χ1n) is 6.64. The number of aryl methyl sites for hydroxylation is 2. The molecule has 7 heteroatoms. The van der Waals surface area contributed by atoms with Crippen LogP contribution in [-0.4, -0.2) is 44.2 Å². The standard InChI is InChI=1S/C14H21ClN2O4/c1-10-7-12(8-11(2)13(10)15)21-9-17-14(19)16-3-5-20-6-4-18/h7-8,18H,3-6,9H2,1-2H3,(H2,16,17,19). The zero-order chi connectivity index (χ0) is 15.7. The lowest BCUT2D eigenvalue weighted by Crippen LogP contribution is -2.39. The normalized spacial score (nSPS) is 10.3. The molecule has 0 aliphatic carbocycles. The predicted octanol–water partition coefficient (Wildman–Crippen LogP) is 1.60. The van der Waals surface area contributed by atoms with Crippen LogP contribution in [0.15, 0.2) is 12.1 Å². The van der Waals surface area contributed by atoms with E-state index in [0.717, 1.165) is 16.1 Å². The lowest BCUT2D eigenvalue weighted by atomic mass is 10.1. The average Bonchev–Trinajstić information content (AvgIpc) is 2.44. The van der Waals surface area contributed by atoms with Gasteiger partial charge >= 0.3 is 6.03 Å². The molecule has 0 radical (unpaired) electrons. The van der Waals surface area contributed by atoms with Gasteiger partial charge in [-0.25, -0.2) is 4.79 Å². The Balaban J connectivity index is 2.22. The molecule has 6 nitrogen and oxygen atoms in total. The summed E-state index contributed by atoms with van der Waals surface area (Å²) in [5.74, 6) is 0.654. The minimum Gasteiger partial charge on any atom is -0.473 e. The van der Waals surface area contributed by atoms with Gasteiger partial charge in [-0.05, 0) is 37.1 Å². The van der Waals surface area contributed by atoms with Gasteiger partial charge in [0.15, 0.2) is 6.73 Å². The lowest BCUT2D eigenvalue weighted by Gasteiger charge is -2.11. The van der Waals surface area contributed by atoms with Crippen LogP contribution in [0.4, 0.5) is 4.79 Å². The van der Waals surface area contributed by atoms with Gasteiger partial charge in [-0.1, -0.05) is 11.6 Å². The molecule has 0 heterocycles. The van der Waals surface area contributed by atoms with Crippen molar-refractivity contribution in [2.75, 3.05) is 33.1 Å². The fourth-order valence-electron chi connectivity index (χ4n) is 1.64. The maximum Gasteiger partial charge on any atom is 0.317 e. The Morgan fingerprint density at radius 2 is 1.90 bits per heavy atom. The molecule has 0 saturated heterocycles. The fraction of sp³-hybridized carbons (Fsp3) is 0.500. The van der Waals surface area contributed by atoms with Crippen molar-refractivity contribution in [2.45, 2.75) is 13.8 Å². The number of benzene rings is 1. The number of carbonyl (C=O) groups is 1. The quantitative estimate of drug-likeness (QED) is 0.503. The molecule has 0 aliphatic heterocycles. The Bertz CT molecular complexity index is 445. The molecule has 0 fully saturated rings. The SMILES string of the molecule is Cc1cc(OCNC(=O)NCCOCCO)cc(C)c1Cl. The molecule has 0 unspecified atom stereocenters. The van der Waals surface area contributed by atoms with E-state index in [1.165, 1.54) is 0 Å². The number of carbonyl (C=O) groups excluding carboxylic acids is 1. The Hall–Kier alpha value is -1.50. The molecular formula is C14H21ClN2O4. The summed E-state index contributed by atoms with van der Waals surface area (Å²) >= 11 is 6.06. The van der Waals surface area contributed by atoms with Crippen LogP contribution in [0.1, 0.15) is 11.1 Å². The first-order chi connectivity index (χ1) is 10.0. The first-order valence-corrected chi connectivity index (χ1v) is 7.02. The predicted molar refractivity (Wildman–Crippen MR) is 80.9 cm³/mol. The molecule has 118 valence electrons. The molecule has 21 heavy (non-hydrogen) atoms. The zero-order valence-electron chi connectivity index (χ0n) is 12.2. The van der Waals surface area contributed by atoms with Crippen LogP contribution >= 0.6 is 11.6 Å². The zero-order valence-corrected chi connectivity index (χ0v) is 13.0. The summed E-state index contributed by atoms with van der Waals surface area (Å²) < 4.78 is 10.5. The second kappa shape index (κ2) is 9.44. The average molecular weight is 317 g/mol. The van der Waals surface area contributed by atoms with E-state index in [2.05, 4.69) is 10.6 Å². The highest BCUT2D eigenvalue weighted by molar-refractivity contribution is 6.32. The summed E-state index contributed by atoms with van der Waals surface area (Å²) in [6.07, 6.45) is 0. The van der Waals surface area contributed by atoms with Crippen molar-refractivity contribution in [2.24, 2.45) is 0 Å². The third-order valence-corrected chi connectivity index (χ3v) is 3.25. The van der Waals surface area contributed by atoms with Crippen molar-refractivity contribution >= 4 is 17.6 Å². The Kier molecular flexibility index (Phi) is 7.89. The molecular weight excluding hydrogens is 296 g/mol. The van der Waals surface area contributed by atoms with Gasteiger partial charge in [0, 0.05) is 11.6 Å². The van der Waals surface area contributed by atoms with E-state index in [9.17, 15) is 4.79 Å². The van der Waals surface area contributed by atoms with E-state index in [0.29, 0.717) is 18.9 Å². The highest BCUT2D eigenvalue weighted by Gasteiger charge is 2.04. The van der Waals surface area contributed by atoms with Gasteiger partial charge in [-0.3, -0.25) is 0 Å². The Morgan fingerprint density at radius 1 is 1.24 bits per heavy atom. The summed E-state index contributed by atoms with van der Waals surface area (Å²) in [4.78, 5) is 11.4. The fourth-order valence-corrected chi connectivity index (χ4v) is 1.75. The lowest BCUT2D eigenvalue weighted by molar-refractivity contribution is 0.0945.